The van der Waals surface area contributed by atoms with Gasteiger partial charge in [0.05, 0.1) is 6.61 Å². The summed E-state index contributed by atoms with van der Waals surface area (Å²) in [6.45, 7) is 9.48. The third-order valence-electron chi connectivity index (χ3n) is 3.43. The highest BCUT2D eigenvalue weighted by Gasteiger charge is 2.21. The Morgan fingerprint density at radius 3 is 2.55 bits per heavy atom. The second-order valence-electron chi connectivity index (χ2n) is 5.88. The Hall–Kier alpha value is -2.10. The molecule has 0 saturated heterocycles. The molecule has 0 bridgehead atoms. The Kier molecular flexibility index (Phi) is 5.36. The summed E-state index contributed by atoms with van der Waals surface area (Å²) in [7, 11) is 0. The number of hydrogen-bond donors (Lipinski definition) is 0. The summed E-state index contributed by atoms with van der Waals surface area (Å²) in [6, 6.07) is 9.96. The smallest absolute Gasteiger partial charge is 0.358 e. The van der Waals surface area contributed by atoms with E-state index in [9.17, 15) is 4.79 Å². The van der Waals surface area contributed by atoms with Gasteiger partial charge in [-0.05, 0) is 19.3 Å². The van der Waals surface area contributed by atoms with Gasteiger partial charge in [0.15, 0.2) is 5.69 Å². The van der Waals surface area contributed by atoms with Crippen LogP contribution in [0.4, 0.5) is 0 Å². The van der Waals surface area contributed by atoms with E-state index in [1.54, 1.807) is 0 Å². The molecule has 22 heavy (non-hydrogen) atoms. The van der Waals surface area contributed by atoms with Crippen molar-refractivity contribution < 1.29 is 9.53 Å². The minimum absolute atomic E-state index is 0.334. The van der Waals surface area contributed by atoms with Gasteiger partial charge in [-0.2, -0.15) is 0 Å². The van der Waals surface area contributed by atoms with Crippen LogP contribution in [-0.4, -0.2) is 22.1 Å². The highest BCUT2D eigenvalue weighted by Crippen LogP contribution is 2.24. The number of aromatic nitrogens is 2. The van der Waals surface area contributed by atoms with E-state index < -0.39 is 0 Å². The van der Waals surface area contributed by atoms with Gasteiger partial charge < -0.3 is 9.30 Å². The van der Waals surface area contributed by atoms with E-state index in [2.05, 4.69) is 23.4 Å². The summed E-state index contributed by atoms with van der Waals surface area (Å²) in [5.41, 5.74) is 2.31. The van der Waals surface area contributed by atoms with E-state index in [0.717, 1.165) is 30.0 Å². The van der Waals surface area contributed by atoms with Crippen LogP contribution in [0.3, 0.4) is 0 Å². The molecule has 0 aliphatic carbocycles. The molecular formula is C18H24N2O2. The molecule has 4 heteroatoms. The Balaban J connectivity index is 2.45. The first-order chi connectivity index (χ1) is 10.5. The van der Waals surface area contributed by atoms with Crippen LogP contribution in [0.5, 0.6) is 0 Å². The zero-order valence-corrected chi connectivity index (χ0v) is 13.8. The highest BCUT2D eigenvalue weighted by molar-refractivity contribution is 5.89. The Bertz CT molecular complexity index is 630. The molecule has 2 rings (SSSR count). The molecule has 2 aromatic rings. The maximum atomic E-state index is 12.2. The summed E-state index contributed by atoms with van der Waals surface area (Å²) >= 11 is 0. The van der Waals surface area contributed by atoms with Gasteiger partial charge in [-0.25, -0.2) is 9.78 Å². The number of carbonyl (C=O) groups is 1. The molecular weight excluding hydrogens is 276 g/mol. The van der Waals surface area contributed by atoms with Gasteiger partial charge in [0.25, 0.3) is 0 Å². The number of hydrogen-bond acceptors (Lipinski definition) is 3. The molecule has 0 aliphatic rings. The first-order valence-corrected chi connectivity index (χ1v) is 7.84. The second-order valence-corrected chi connectivity index (χ2v) is 5.88. The lowest BCUT2D eigenvalue weighted by atomic mass is 10.2. The zero-order valence-electron chi connectivity index (χ0n) is 13.8. The van der Waals surface area contributed by atoms with Crippen LogP contribution in [0, 0.1) is 12.8 Å². The molecule has 0 radical (unpaired) electrons. The average Bonchev–Trinajstić information content (AvgIpc) is 2.82. The molecule has 0 unspecified atom stereocenters. The van der Waals surface area contributed by atoms with Crippen molar-refractivity contribution >= 4 is 5.97 Å². The number of rotatable bonds is 6. The second kappa shape index (κ2) is 7.25. The van der Waals surface area contributed by atoms with Gasteiger partial charge in [-0.3, -0.25) is 0 Å². The Morgan fingerprint density at radius 2 is 1.95 bits per heavy atom. The first-order valence-electron chi connectivity index (χ1n) is 7.84. The van der Waals surface area contributed by atoms with Gasteiger partial charge in [-0.15, -0.1) is 0 Å². The van der Waals surface area contributed by atoms with Crippen LogP contribution in [0.1, 0.15) is 43.4 Å². The SMILES string of the molecule is CCCOC(=O)c1nc(-c2ccccc2)n(CC(C)C)c1C. The van der Waals surface area contributed by atoms with Gasteiger partial charge >= 0.3 is 5.97 Å². The molecule has 0 saturated carbocycles. The van der Waals surface area contributed by atoms with Crippen LogP contribution in [-0.2, 0) is 11.3 Å². The van der Waals surface area contributed by atoms with E-state index in [0.29, 0.717) is 18.2 Å². The minimum Gasteiger partial charge on any atom is -0.461 e. The van der Waals surface area contributed by atoms with Gasteiger partial charge in [-0.1, -0.05) is 51.1 Å². The molecule has 1 aromatic carbocycles. The summed E-state index contributed by atoms with van der Waals surface area (Å²) < 4.78 is 7.37. The molecule has 0 N–H and O–H groups in total. The molecule has 4 nitrogen and oxygen atoms in total. The van der Waals surface area contributed by atoms with E-state index in [1.165, 1.54) is 0 Å². The largest absolute Gasteiger partial charge is 0.461 e. The van der Waals surface area contributed by atoms with Crippen molar-refractivity contribution in [1.82, 2.24) is 9.55 Å². The zero-order chi connectivity index (χ0) is 16.1. The maximum Gasteiger partial charge on any atom is 0.358 e. The lowest BCUT2D eigenvalue weighted by Crippen LogP contribution is -2.11. The van der Waals surface area contributed by atoms with E-state index in [-0.39, 0.29) is 5.97 Å². The number of carbonyl (C=O) groups excluding carboxylic acids is 1. The average molecular weight is 300 g/mol. The molecule has 0 aliphatic heterocycles. The highest BCUT2D eigenvalue weighted by atomic mass is 16.5. The number of esters is 1. The fraction of sp³-hybridized carbons (Fsp3) is 0.444. The first kappa shape index (κ1) is 16.3. The van der Waals surface area contributed by atoms with Gasteiger partial charge in [0.2, 0.25) is 0 Å². The van der Waals surface area contributed by atoms with Crippen molar-refractivity contribution in [3.05, 3.63) is 41.7 Å². The number of benzene rings is 1. The Morgan fingerprint density at radius 1 is 1.27 bits per heavy atom. The predicted octanol–water partition coefficient (Wildman–Crippen LogP) is 4.08. The monoisotopic (exact) mass is 300 g/mol. The van der Waals surface area contributed by atoms with E-state index in [1.807, 2.05) is 44.2 Å². The van der Waals surface area contributed by atoms with Crippen molar-refractivity contribution in [1.29, 1.82) is 0 Å². The fourth-order valence-electron chi connectivity index (χ4n) is 2.39. The number of imidazole rings is 1. The standard InChI is InChI=1S/C18H24N2O2/c1-5-11-22-18(21)16-14(4)20(12-13(2)3)17(19-16)15-9-7-6-8-10-15/h6-10,13H,5,11-12H2,1-4H3. The van der Waals surface area contributed by atoms with E-state index in [4.69, 9.17) is 4.74 Å². The normalized spacial score (nSPS) is 11.0. The summed E-state index contributed by atoms with van der Waals surface area (Å²) in [6.07, 6.45) is 0.809. The fourth-order valence-corrected chi connectivity index (χ4v) is 2.39. The maximum absolute atomic E-state index is 12.2. The summed E-state index contributed by atoms with van der Waals surface area (Å²) in [4.78, 5) is 16.8. The summed E-state index contributed by atoms with van der Waals surface area (Å²) in [5.74, 6) is 0.962. The Labute approximate surface area is 132 Å². The van der Waals surface area contributed by atoms with Crippen molar-refractivity contribution in [3.63, 3.8) is 0 Å². The van der Waals surface area contributed by atoms with Gasteiger partial charge in [0.1, 0.15) is 5.82 Å². The molecule has 0 atom stereocenters. The van der Waals surface area contributed by atoms with Crippen molar-refractivity contribution in [2.45, 2.75) is 40.7 Å². The quantitative estimate of drug-likeness (QED) is 0.755. The van der Waals surface area contributed by atoms with E-state index >= 15 is 0 Å². The lowest BCUT2D eigenvalue weighted by Gasteiger charge is -2.12. The molecule has 118 valence electrons. The number of nitrogens with zero attached hydrogens (tertiary/aromatic N) is 2. The predicted molar refractivity (Wildman–Crippen MR) is 87.8 cm³/mol. The van der Waals surface area contributed by atoms with Crippen molar-refractivity contribution in [2.75, 3.05) is 6.61 Å². The molecule has 1 heterocycles. The van der Waals surface area contributed by atoms with Crippen molar-refractivity contribution in [3.8, 4) is 11.4 Å². The lowest BCUT2D eigenvalue weighted by molar-refractivity contribution is 0.0497. The van der Waals surface area contributed by atoms with Crippen molar-refractivity contribution in [2.24, 2.45) is 5.92 Å². The van der Waals surface area contributed by atoms with Crippen LogP contribution in [0.25, 0.3) is 11.4 Å². The minimum atomic E-state index is -0.334. The summed E-state index contributed by atoms with van der Waals surface area (Å²) in [5, 5.41) is 0. The third kappa shape index (κ3) is 3.56. The topological polar surface area (TPSA) is 44.1 Å². The molecule has 0 amide bonds. The van der Waals surface area contributed by atoms with Crippen LogP contribution in [0.15, 0.2) is 30.3 Å². The van der Waals surface area contributed by atoms with Crippen LogP contribution in [0.2, 0.25) is 0 Å². The van der Waals surface area contributed by atoms with Crippen LogP contribution >= 0.6 is 0 Å². The third-order valence-corrected chi connectivity index (χ3v) is 3.43. The van der Waals surface area contributed by atoms with Gasteiger partial charge in [0, 0.05) is 17.8 Å². The molecule has 1 aromatic heterocycles. The van der Waals surface area contributed by atoms with Crippen LogP contribution < -0.4 is 0 Å². The number of ether oxygens (including phenoxy) is 1. The molecule has 0 fully saturated rings. The molecule has 0 spiro atoms.